The van der Waals surface area contributed by atoms with Crippen molar-refractivity contribution in [3.8, 4) is 0 Å². The molecule has 6 heteroatoms. The molecule has 2 rings (SSSR count). The highest BCUT2D eigenvalue weighted by atomic mass is 35.5. The predicted molar refractivity (Wildman–Crippen MR) is 71.2 cm³/mol. The molecule has 0 aliphatic carbocycles. The summed E-state index contributed by atoms with van der Waals surface area (Å²) >= 11 is 7.86. The van der Waals surface area contributed by atoms with Crippen molar-refractivity contribution in [2.75, 3.05) is 0 Å². The normalized spacial score (nSPS) is 13.0. The molecule has 0 saturated heterocycles. The maximum absolute atomic E-state index is 6.14. The molecule has 0 aliphatic rings. The number of rotatable bonds is 3. The van der Waals surface area contributed by atoms with Gasteiger partial charge in [0.25, 0.3) is 0 Å². The van der Waals surface area contributed by atoms with E-state index in [-0.39, 0.29) is 6.04 Å². The van der Waals surface area contributed by atoms with Crippen molar-refractivity contribution in [3.63, 3.8) is 0 Å². The number of nitrogens with two attached hydrogens (primary N) is 1. The fourth-order valence-electron chi connectivity index (χ4n) is 1.78. The molecule has 1 atom stereocenters. The van der Waals surface area contributed by atoms with Gasteiger partial charge in [0.2, 0.25) is 0 Å². The first kappa shape index (κ1) is 12.6. The van der Waals surface area contributed by atoms with E-state index in [4.69, 9.17) is 17.4 Å². The number of aromatic nitrogens is 2. The largest absolute Gasteiger partial charge is 0.270 e. The van der Waals surface area contributed by atoms with Crippen LogP contribution in [0, 0.1) is 13.8 Å². The highest BCUT2D eigenvalue weighted by Gasteiger charge is 2.21. The standard InChI is InChI=1S/C11H15ClN4S/c1-6-4-9(17-7(6)2)10(15-13)11-8(12)5-14-16(11)3/h4-5,10,15H,13H2,1-3H3. The Morgan fingerprint density at radius 3 is 2.65 bits per heavy atom. The van der Waals surface area contributed by atoms with E-state index in [1.54, 1.807) is 22.2 Å². The van der Waals surface area contributed by atoms with E-state index >= 15 is 0 Å². The van der Waals surface area contributed by atoms with Crippen LogP contribution < -0.4 is 11.3 Å². The van der Waals surface area contributed by atoms with Crippen molar-refractivity contribution in [1.82, 2.24) is 15.2 Å². The maximum Gasteiger partial charge on any atom is 0.0985 e. The topological polar surface area (TPSA) is 55.9 Å². The maximum atomic E-state index is 6.14. The summed E-state index contributed by atoms with van der Waals surface area (Å²) in [4.78, 5) is 2.44. The number of hydrogen-bond donors (Lipinski definition) is 2. The van der Waals surface area contributed by atoms with Crippen molar-refractivity contribution >= 4 is 22.9 Å². The molecule has 92 valence electrons. The van der Waals surface area contributed by atoms with Gasteiger partial charge in [0, 0.05) is 16.8 Å². The third kappa shape index (κ3) is 2.24. The van der Waals surface area contributed by atoms with Gasteiger partial charge in [-0.15, -0.1) is 11.3 Å². The van der Waals surface area contributed by atoms with Crippen LogP contribution in [-0.2, 0) is 7.05 Å². The van der Waals surface area contributed by atoms with E-state index in [2.05, 4.69) is 30.4 Å². The molecular weight excluding hydrogens is 256 g/mol. The van der Waals surface area contributed by atoms with E-state index in [1.807, 2.05) is 7.05 Å². The van der Waals surface area contributed by atoms with Crippen molar-refractivity contribution in [2.24, 2.45) is 12.9 Å². The highest BCUT2D eigenvalue weighted by Crippen LogP contribution is 2.33. The van der Waals surface area contributed by atoms with E-state index in [0.29, 0.717) is 5.02 Å². The van der Waals surface area contributed by atoms with E-state index in [9.17, 15) is 0 Å². The summed E-state index contributed by atoms with van der Waals surface area (Å²) in [6, 6.07) is 2.01. The number of hydrogen-bond acceptors (Lipinski definition) is 4. The van der Waals surface area contributed by atoms with Crippen LogP contribution in [0.4, 0.5) is 0 Å². The minimum Gasteiger partial charge on any atom is -0.270 e. The molecule has 17 heavy (non-hydrogen) atoms. The molecular formula is C11H15ClN4S. The van der Waals surface area contributed by atoms with Gasteiger partial charge in [-0.25, -0.2) is 5.43 Å². The van der Waals surface area contributed by atoms with Crippen LogP contribution >= 0.6 is 22.9 Å². The summed E-state index contributed by atoms with van der Waals surface area (Å²) < 4.78 is 1.75. The number of halogens is 1. The van der Waals surface area contributed by atoms with Gasteiger partial charge >= 0.3 is 0 Å². The second kappa shape index (κ2) is 4.78. The van der Waals surface area contributed by atoms with E-state index < -0.39 is 0 Å². The van der Waals surface area contributed by atoms with Crippen LogP contribution in [0.3, 0.4) is 0 Å². The quantitative estimate of drug-likeness (QED) is 0.665. The van der Waals surface area contributed by atoms with E-state index in [0.717, 1.165) is 10.6 Å². The molecule has 0 aliphatic heterocycles. The molecule has 1 unspecified atom stereocenters. The molecule has 0 fully saturated rings. The van der Waals surface area contributed by atoms with Gasteiger partial charge in [0.15, 0.2) is 0 Å². The third-order valence-electron chi connectivity index (χ3n) is 2.85. The second-order valence-corrected chi connectivity index (χ2v) is 5.68. The Bertz CT molecular complexity index is 493. The van der Waals surface area contributed by atoms with Crippen molar-refractivity contribution in [2.45, 2.75) is 19.9 Å². The Kier molecular flexibility index (Phi) is 3.53. The lowest BCUT2D eigenvalue weighted by molar-refractivity contribution is 0.582. The molecule has 0 spiro atoms. The fourth-order valence-corrected chi connectivity index (χ4v) is 3.17. The first-order chi connectivity index (χ1) is 8.04. The third-order valence-corrected chi connectivity index (χ3v) is 4.36. The Morgan fingerprint density at radius 1 is 1.53 bits per heavy atom. The van der Waals surface area contributed by atoms with Crippen LogP contribution in [-0.4, -0.2) is 9.78 Å². The van der Waals surface area contributed by atoms with Crippen LogP contribution in [0.15, 0.2) is 12.3 Å². The number of nitrogens with zero attached hydrogens (tertiary/aromatic N) is 2. The minimum atomic E-state index is -0.118. The molecule has 0 saturated carbocycles. The highest BCUT2D eigenvalue weighted by molar-refractivity contribution is 7.12. The number of nitrogens with one attached hydrogen (secondary N) is 1. The Morgan fingerprint density at radius 2 is 2.24 bits per heavy atom. The van der Waals surface area contributed by atoms with Gasteiger partial charge in [0.1, 0.15) is 0 Å². The Labute approximate surface area is 109 Å². The Balaban J connectivity index is 2.47. The number of aryl methyl sites for hydroxylation is 3. The van der Waals surface area contributed by atoms with Crippen LogP contribution in [0.2, 0.25) is 5.02 Å². The molecule has 3 N–H and O–H groups in total. The van der Waals surface area contributed by atoms with Gasteiger partial charge in [-0.3, -0.25) is 10.5 Å². The zero-order valence-corrected chi connectivity index (χ0v) is 11.6. The fraction of sp³-hybridized carbons (Fsp3) is 0.364. The molecule has 4 nitrogen and oxygen atoms in total. The summed E-state index contributed by atoms with van der Waals surface area (Å²) in [5.74, 6) is 5.65. The molecule has 2 aromatic rings. The minimum absolute atomic E-state index is 0.118. The van der Waals surface area contributed by atoms with Crippen molar-refractivity contribution < 1.29 is 0 Å². The number of hydrazine groups is 1. The molecule has 2 aromatic heterocycles. The zero-order valence-electron chi connectivity index (χ0n) is 9.99. The van der Waals surface area contributed by atoms with Crippen LogP contribution in [0.5, 0.6) is 0 Å². The van der Waals surface area contributed by atoms with Gasteiger partial charge in [-0.2, -0.15) is 5.10 Å². The lowest BCUT2D eigenvalue weighted by Crippen LogP contribution is -2.30. The average Bonchev–Trinajstić information content (AvgIpc) is 2.77. The van der Waals surface area contributed by atoms with Gasteiger partial charge in [0.05, 0.1) is 23.0 Å². The van der Waals surface area contributed by atoms with Gasteiger partial charge in [-0.1, -0.05) is 11.6 Å². The molecule has 0 amide bonds. The lowest BCUT2D eigenvalue weighted by Gasteiger charge is -2.15. The molecule has 0 radical (unpaired) electrons. The summed E-state index contributed by atoms with van der Waals surface area (Å²) in [7, 11) is 1.86. The van der Waals surface area contributed by atoms with E-state index in [1.165, 1.54) is 10.4 Å². The zero-order chi connectivity index (χ0) is 12.6. The SMILES string of the molecule is Cc1cc(C(NN)c2c(Cl)cnn2C)sc1C. The van der Waals surface area contributed by atoms with Crippen LogP contribution in [0.25, 0.3) is 0 Å². The average molecular weight is 271 g/mol. The predicted octanol–water partition coefficient (Wildman–Crippen LogP) is 2.30. The van der Waals surface area contributed by atoms with Crippen LogP contribution in [0.1, 0.15) is 27.1 Å². The first-order valence-corrected chi connectivity index (χ1v) is 6.44. The monoisotopic (exact) mass is 270 g/mol. The van der Waals surface area contributed by atoms with Crippen molar-refractivity contribution in [1.29, 1.82) is 0 Å². The molecule has 2 heterocycles. The Hall–Kier alpha value is -0.880. The number of thiophene rings is 1. The smallest absolute Gasteiger partial charge is 0.0985 e. The van der Waals surface area contributed by atoms with Crippen molar-refractivity contribution in [3.05, 3.63) is 38.3 Å². The summed E-state index contributed by atoms with van der Waals surface area (Å²) in [6.45, 7) is 4.19. The molecule has 0 aromatic carbocycles. The second-order valence-electron chi connectivity index (χ2n) is 3.99. The molecule has 0 bridgehead atoms. The summed E-state index contributed by atoms with van der Waals surface area (Å²) in [5, 5.41) is 4.76. The van der Waals surface area contributed by atoms with Gasteiger partial charge in [-0.05, 0) is 25.5 Å². The van der Waals surface area contributed by atoms with Gasteiger partial charge < -0.3 is 0 Å². The first-order valence-electron chi connectivity index (χ1n) is 5.25. The summed E-state index contributed by atoms with van der Waals surface area (Å²) in [6.07, 6.45) is 1.63. The lowest BCUT2D eigenvalue weighted by atomic mass is 10.1. The summed E-state index contributed by atoms with van der Waals surface area (Å²) in [5.41, 5.74) is 4.96.